The van der Waals surface area contributed by atoms with Crippen molar-refractivity contribution in [3.8, 4) is 0 Å². The third kappa shape index (κ3) is 1.98. The molecule has 1 atom stereocenters. The third-order valence-corrected chi connectivity index (χ3v) is 2.49. The van der Waals surface area contributed by atoms with Crippen LogP contribution in [0.5, 0.6) is 0 Å². The summed E-state index contributed by atoms with van der Waals surface area (Å²) >= 11 is 0. The van der Waals surface area contributed by atoms with Crippen LogP contribution in [-0.4, -0.2) is 38.6 Å². The molecule has 1 aromatic heterocycles. The number of rotatable bonds is 3. The number of carbonyl (C=O) groups is 2. The summed E-state index contributed by atoms with van der Waals surface area (Å²) in [7, 11) is 0. The molecule has 0 saturated carbocycles. The maximum atomic E-state index is 11.4. The van der Waals surface area contributed by atoms with Crippen LogP contribution in [0.15, 0.2) is 12.4 Å². The van der Waals surface area contributed by atoms with E-state index in [0.717, 1.165) is 5.56 Å². The Morgan fingerprint density at radius 3 is 3.07 bits per heavy atom. The highest BCUT2D eigenvalue weighted by Gasteiger charge is 2.34. The van der Waals surface area contributed by atoms with Crippen molar-refractivity contribution in [1.29, 1.82) is 0 Å². The first kappa shape index (κ1) is 9.70. The fraction of sp³-hybridized carbons (Fsp3) is 0.444. The summed E-state index contributed by atoms with van der Waals surface area (Å²) in [6, 6.07) is 0. The second kappa shape index (κ2) is 3.72. The number of H-pyrrole nitrogens is 1. The average Bonchev–Trinajstić information content (AvgIpc) is 2.77. The number of hydrogen-bond acceptors (Lipinski definition) is 3. The van der Waals surface area contributed by atoms with Crippen LogP contribution < -0.4 is 0 Å². The van der Waals surface area contributed by atoms with Crippen LogP contribution in [0.1, 0.15) is 12.0 Å². The van der Waals surface area contributed by atoms with Gasteiger partial charge in [-0.15, -0.1) is 0 Å². The first-order valence-corrected chi connectivity index (χ1v) is 4.65. The van der Waals surface area contributed by atoms with E-state index in [9.17, 15) is 9.59 Å². The molecule has 80 valence electrons. The number of amides is 1. The van der Waals surface area contributed by atoms with E-state index in [1.807, 2.05) is 0 Å². The number of carboxylic acid groups (broad SMARTS) is 1. The van der Waals surface area contributed by atoms with Gasteiger partial charge in [-0.05, 0) is 0 Å². The molecular weight excluding hydrogens is 198 g/mol. The molecule has 1 unspecified atom stereocenters. The minimum absolute atomic E-state index is 0.104. The van der Waals surface area contributed by atoms with E-state index in [2.05, 4.69) is 10.2 Å². The molecule has 1 aromatic rings. The maximum absolute atomic E-state index is 11.4. The van der Waals surface area contributed by atoms with Crippen molar-refractivity contribution >= 4 is 11.9 Å². The number of aromatic amines is 1. The van der Waals surface area contributed by atoms with Crippen LogP contribution in [0.25, 0.3) is 0 Å². The molecule has 15 heavy (non-hydrogen) atoms. The zero-order valence-electron chi connectivity index (χ0n) is 8.01. The van der Waals surface area contributed by atoms with Crippen molar-refractivity contribution in [3.63, 3.8) is 0 Å². The van der Waals surface area contributed by atoms with Gasteiger partial charge in [0.05, 0.1) is 12.1 Å². The number of likely N-dealkylation sites (tertiary alicyclic amines) is 1. The molecule has 6 heteroatoms. The smallest absolute Gasteiger partial charge is 0.308 e. The van der Waals surface area contributed by atoms with Gasteiger partial charge >= 0.3 is 5.97 Å². The number of aliphatic carboxylic acids is 1. The van der Waals surface area contributed by atoms with Crippen LogP contribution in [0, 0.1) is 5.92 Å². The Balaban J connectivity index is 2.00. The van der Waals surface area contributed by atoms with E-state index < -0.39 is 11.9 Å². The highest BCUT2D eigenvalue weighted by atomic mass is 16.4. The van der Waals surface area contributed by atoms with E-state index in [1.165, 1.54) is 0 Å². The predicted octanol–water partition coefficient (Wildman–Crippen LogP) is -0.157. The van der Waals surface area contributed by atoms with Gasteiger partial charge in [-0.3, -0.25) is 14.7 Å². The van der Waals surface area contributed by atoms with Crippen LogP contribution in [0.2, 0.25) is 0 Å². The molecule has 2 N–H and O–H groups in total. The first-order chi connectivity index (χ1) is 7.16. The Morgan fingerprint density at radius 2 is 2.53 bits per heavy atom. The molecule has 0 spiro atoms. The van der Waals surface area contributed by atoms with Gasteiger partial charge in [0.2, 0.25) is 5.91 Å². The van der Waals surface area contributed by atoms with Gasteiger partial charge in [-0.1, -0.05) is 0 Å². The normalized spacial score (nSPS) is 20.9. The lowest BCUT2D eigenvalue weighted by atomic mass is 10.1. The zero-order valence-corrected chi connectivity index (χ0v) is 8.01. The molecule has 1 saturated heterocycles. The number of nitrogens with one attached hydrogen (secondary N) is 1. The maximum Gasteiger partial charge on any atom is 0.308 e. The summed E-state index contributed by atoms with van der Waals surface area (Å²) in [6.45, 7) is 0.721. The van der Waals surface area contributed by atoms with Gasteiger partial charge in [-0.25, -0.2) is 0 Å². The number of carboxylic acids is 1. The SMILES string of the molecule is O=C(O)C1CC(=O)N(Cc2cn[nH]c2)C1. The van der Waals surface area contributed by atoms with Crippen molar-refractivity contribution in [3.05, 3.63) is 18.0 Å². The van der Waals surface area contributed by atoms with Crippen molar-refractivity contribution < 1.29 is 14.7 Å². The lowest BCUT2D eigenvalue weighted by Gasteiger charge is -2.14. The Morgan fingerprint density at radius 1 is 1.73 bits per heavy atom. The lowest BCUT2D eigenvalue weighted by Crippen LogP contribution is -2.25. The Kier molecular flexibility index (Phi) is 2.40. The first-order valence-electron chi connectivity index (χ1n) is 4.65. The van der Waals surface area contributed by atoms with Crippen LogP contribution in [0.4, 0.5) is 0 Å². The summed E-state index contributed by atoms with van der Waals surface area (Å²) in [6.07, 6.45) is 3.43. The van der Waals surface area contributed by atoms with E-state index >= 15 is 0 Å². The van der Waals surface area contributed by atoms with Crippen molar-refractivity contribution in [2.24, 2.45) is 5.92 Å². The third-order valence-electron chi connectivity index (χ3n) is 2.49. The molecule has 0 aromatic carbocycles. The summed E-state index contributed by atoms with van der Waals surface area (Å²) in [5, 5.41) is 15.2. The minimum Gasteiger partial charge on any atom is -0.481 e. The second-order valence-corrected chi connectivity index (χ2v) is 3.62. The number of aromatic nitrogens is 2. The fourth-order valence-corrected chi connectivity index (χ4v) is 1.67. The fourth-order valence-electron chi connectivity index (χ4n) is 1.67. The Labute approximate surface area is 85.9 Å². The monoisotopic (exact) mass is 209 g/mol. The van der Waals surface area contributed by atoms with Gasteiger partial charge in [-0.2, -0.15) is 5.10 Å². The summed E-state index contributed by atoms with van der Waals surface area (Å²) in [5.74, 6) is -1.58. The molecule has 2 heterocycles. The molecule has 0 aliphatic carbocycles. The van der Waals surface area contributed by atoms with Crippen LogP contribution in [0.3, 0.4) is 0 Å². The molecular formula is C9H11N3O3. The summed E-state index contributed by atoms with van der Waals surface area (Å²) in [4.78, 5) is 23.7. The Hall–Kier alpha value is -1.85. The van der Waals surface area contributed by atoms with E-state index in [1.54, 1.807) is 17.3 Å². The number of hydrogen-bond donors (Lipinski definition) is 2. The topological polar surface area (TPSA) is 86.3 Å². The second-order valence-electron chi connectivity index (χ2n) is 3.62. The van der Waals surface area contributed by atoms with Crippen LogP contribution >= 0.6 is 0 Å². The molecule has 6 nitrogen and oxygen atoms in total. The van der Waals surface area contributed by atoms with Crippen LogP contribution in [-0.2, 0) is 16.1 Å². The summed E-state index contributed by atoms with van der Waals surface area (Å²) in [5.41, 5.74) is 0.884. The minimum atomic E-state index is -0.905. The van der Waals surface area contributed by atoms with Crippen molar-refractivity contribution in [2.45, 2.75) is 13.0 Å². The van der Waals surface area contributed by atoms with Gasteiger partial charge < -0.3 is 10.0 Å². The Bertz CT molecular complexity index is 374. The molecule has 1 amide bonds. The molecule has 1 fully saturated rings. The zero-order chi connectivity index (χ0) is 10.8. The average molecular weight is 209 g/mol. The highest BCUT2D eigenvalue weighted by Crippen LogP contribution is 2.19. The number of carbonyl (C=O) groups excluding carboxylic acids is 1. The van der Waals surface area contributed by atoms with E-state index in [-0.39, 0.29) is 12.3 Å². The summed E-state index contributed by atoms with van der Waals surface area (Å²) < 4.78 is 0. The highest BCUT2D eigenvalue weighted by molar-refractivity contribution is 5.86. The van der Waals surface area contributed by atoms with E-state index in [4.69, 9.17) is 5.11 Å². The van der Waals surface area contributed by atoms with E-state index in [0.29, 0.717) is 13.1 Å². The van der Waals surface area contributed by atoms with Crippen molar-refractivity contribution in [1.82, 2.24) is 15.1 Å². The van der Waals surface area contributed by atoms with Gasteiger partial charge in [0, 0.05) is 31.3 Å². The van der Waals surface area contributed by atoms with Crippen molar-refractivity contribution in [2.75, 3.05) is 6.54 Å². The number of nitrogens with zero attached hydrogens (tertiary/aromatic N) is 2. The largest absolute Gasteiger partial charge is 0.481 e. The van der Waals surface area contributed by atoms with Gasteiger partial charge in [0.25, 0.3) is 0 Å². The molecule has 1 aliphatic heterocycles. The molecule has 2 rings (SSSR count). The quantitative estimate of drug-likeness (QED) is 0.724. The standard InChI is InChI=1S/C9H11N3O3/c13-8-1-7(9(14)15)5-12(8)4-6-2-10-11-3-6/h2-3,7H,1,4-5H2,(H,10,11)(H,14,15). The molecule has 0 radical (unpaired) electrons. The molecule has 1 aliphatic rings. The lowest BCUT2D eigenvalue weighted by molar-refractivity contribution is -0.141. The predicted molar refractivity (Wildman–Crippen MR) is 49.7 cm³/mol. The molecule has 0 bridgehead atoms. The van der Waals surface area contributed by atoms with Gasteiger partial charge in [0.15, 0.2) is 0 Å². The van der Waals surface area contributed by atoms with Gasteiger partial charge in [0.1, 0.15) is 0 Å².